The van der Waals surface area contributed by atoms with Gasteiger partial charge in [-0.3, -0.25) is 0 Å². The first-order chi connectivity index (χ1) is 8.97. The zero-order valence-electron chi connectivity index (χ0n) is 12.0. The fraction of sp³-hybridized carbons (Fsp3) is 0.571. The molecular weight excluding hydrogens is 260 g/mol. The van der Waals surface area contributed by atoms with Gasteiger partial charge in [-0.15, -0.1) is 0 Å². The van der Waals surface area contributed by atoms with Gasteiger partial charge in [0.25, 0.3) is 0 Å². The predicted molar refractivity (Wildman–Crippen MR) is 78.2 cm³/mol. The zero-order valence-corrected chi connectivity index (χ0v) is 12.8. The van der Waals surface area contributed by atoms with E-state index in [0.717, 1.165) is 6.42 Å². The third-order valence-electron chi connectivity index (χ3n) is 3.38. The highest BCUT2D eigenvalue weighted by atomic mass is 32.2. The second kappa shape index (κ2) is 7.03. The highest BCUT2D eigenvalue weighted by Gasteiger charge is 2.26. The van der Waals surface area contributed by atoms with Crippen LogP contribution in [0, 0.1) is 5.92 Å². The molecule has 1 aromatic carbocycles. The van der Waals surface area contributed by atoms with E-state index in [1.54, 1.807) is 18.2 Å². The van der Waals surface area contributed by atoms with Crippen molar-refractivity contribution in [1.29, 1.82) is 0 Å². The van der Waals surface area contributed by atoms with Crippen molar-refractivity contribution in [3.63, 3.8) is 0 Å². The van der Waals surface area contributed by atoms with E-state index in [2.05, 4.69) is 13.8 Å². The second-order valence-electron chi connectivity index (χ2n) is 4.78. The van der Waals surface area contributed by atoms with Crippen LogP contribution in [0.5, 0.6) is 0 Å². The van der Waals surface area contributed by atoms with E-state index in [0.29, 0.717) is 29.5 Å². The second-order valence-corrected chi connectivity index (χ2v) is 6.69. The van der Waals surface area contributed by atoms with Gasteiger partial charge in [-0.05, 0) is 17.5 Å². The number of hydrogen-bond donors (Lipinski definition) is 1. The van der Waals surface area contributed by atoms with Gasteiger partial charge in [-0.25, -0.2) is 8.42 Å². The summed E-state index contributed by atoms with van der Waals surface area (Å²) in [7, 11) is -3.45. The molecule has 0 aromatic heterocycles. The van der Waals surface area contributed by atoms with Gasteiger partial charge in [-0.1, -0.05) is 45.4 Å². The van der Waals surface area contributed by atoms with Crippen molar-refractivity contribution in [1.82, 2.24) is 4.31 Å². The lowest BCUT2D eigenvalue weighted by molar-refractivity contribution is 0.361. The van der Waals surface area contributed by atoms with Crippen molar-refractivity contribution < 1.29 is 8.42 Å². The Balaban J connectivity index is 3.13. The molecule has 0 aliphatic heterocycles. The minimum Gasteiger partial charge on any atom is -0.326 e. The van der Waals surface area contributed by atoms with Crippen LogP contribution in [0.1, 0.15) is 32.8 Å². The molecule has 0 aliphatic rings. The lowest BCUT2D eigenvalue weighted by Crippen LogP contribution is -2.35. The molecule has 0 amide bonds. The van der Waals surface area contributed by atoms with Crippen molar-refractivity contribution in [2.45, 2.75) is 38.6 Å². The van der Waals surface area contributed by atoms with E-state index in [1.807, 2.05) is 13.0 Å². The van der Waals surface area contributed by atoms with Crippen LogP contribution in [0.3, 0.4) is 0 Å². The van der Waals surface area contributed by atoms with Gasteiger partial charge in [0, 0.05) is 19.6 Å². The molecule has 0 radical (unpaired) electrons. The Labute approximate surface area is 116 Å². The van der Waals surface area contributed by atoms with Gasteiger partial charge in [0.1, 0.15) is 0 Å². The van der Waals surface area contributed by atoms with Gasteiger partial charge in [0.15, 0.2) is 0 Å². The Morgan fingerprint density at radius 2 is 1.89 bits per heavy atom. The van der Waals surface area contributed by atoms with Crippen LogP contribution in [0.4, 0.5) is 0 Å². The topological polar surface area (TPSA) is 63.4 Å². The maximum atomic E-state index is 12.7. The van der Waals surface area contributed by atoms with Crippen LogP contribution in [0.2, 0.25) is 0 Å². The van der Waals surface area contributed by atoms with E-state index in [1.165, 1.54) is 4.31 Å². The van der Waals surface area contributed by atoms with Crippen LogP contribution in [0.15, 0.2) is 29.2 Å². The zero-order chi connectivity index (χ0) is 14.5. The molecule has 108 valence electrons. The summed E-state index contributed by atoms with van der Waals surface area (Å²) in [6.45, 7) is 7.26. The van der Waals surface area contributed by atoms with E-state index < -0.39 is 10.0 Å². The lowest BCUT2D eigenvalue weighted by atomic mass is 10.1. The highest BCUT2D eigenvalue weighted by molar-refractivity contribution is 7.89. The number of rotatable bonds is 7. The Hall–Kier alpha value is -0.910. The first kappa shape index (κ1) is 16.1. The summed E-state index contributed by atoms with van der Waals surface area (Å²) in [5, 5.41) is 0. The lowest BCUT2D eigenvalue weighted by Gasteiger charge is -2.24. The van der Waals surface area contributed by atoms with Gasteiger partial charge in [0.2, 0.25) is 10.0 Å². The number of hydrogen-bond acceptors (Lipinski definition) is 3. The number of benzene rings is 1. The van der Waals surface area contributed by atoms with Gasteiger partial charge in [-0.2, -0.15) is 4.31 Å². The summed E-state index contributed by atoms with van der Waals surface area (Å²) in [6.07, 6.45) is 0.963. The van der Waals surface area contributed by atoms with Crippen molar-refractivity contribution in [2.75, 3.05) is 13.1 Å². The molecule has 0 spiro atoms. The molecule has 0 aliphatic carbocycles. The molecule has 1 atom stereocenters. The maximum Gasteiger partial charge on any atom is 0.243 e. The van der Waals surface area contributed by atoms with Crippen LogP contribution in [-0.4, -0.2) is 25.8 Å². The van der Waals surface area contributed by atoms with Crippen LogP contribution >= 0.6 is 0 Å². The Bertz CT molecular complexity index is 500. The van der Waals surface area contributed by atoms with Crippen molar-refractivity contribution in [3.05, 3.63) is 29.8 Å². The molecule has 19 heavy (non-hydrogen) atoms. The summed E-state index contributed by atoms with van der Waals surface area (Å²) in [5.74, 6) is 0.347. The largest absolute Gasteiger partial charge is 0.326 e. The number of nitrogens with two attached hydrogens (primary N) is 1. The standard InChI is InChI=1S/C14H24N2O2S/c1-4-12(3)11-16(5-2)19(17,18)14-9-7-6-8-13(14)10-15/h6-9,12H,4-5,10-11,15H2,1-3H3. The van der Waals surface area contributed by atoms with Crippen LogP contribution < -0.4 is 5.73 Å². The first-order valence-electron chi connectivity index (χ1n) is 6.75. The van der Waals surface area contributed by atoms with E-state index >= 15 is 0 Å². The van der Waals surface area contributed by atoms with Gasteiger partial charge < -0.3 is 5.73 Å². The number of sulfonamides is 1. The molecule has 0 fully saturated rings. The average molecular weight is 284 g/mol. The minimum absolute atomic E-state index is 0.232. The molecule has 0 saturated carbocycles. The summed E-state index contributed by atoms with van der Waals surface area (Å²) in [5.41, 5.74) is 6.30. The third-order valence-corrected chi connectivity index (χ3v) is 5.42. The Morgan fingerprint density at radius 3 is 2.42 bits per heavy atom. The molecule has 1 rings (SSSR count). The molecule has 1 aromatic rings. The van der Waals surface area contributed by atoms with E-state index in [9.17, 15) is 8.42 Å². The summed E-state index contributed by atoms with van der Waals surface area (Å²) < 4.78 is 26.9. The number of nitrogens with zero attached hydrogens (tertiary/aromatic N) is 1. The van der Waals surface area contributed by atoms with Crippen molar-refractivity contribution in [2.24, 2.45) is 11.7 Å². The fourth-order valence-corrected chi connectivity index (χ4v) is 3.74. The van der Waals surface area contributed by atoms with E-state index in [-0.39, 0.29) is 6.54 Å². The molecule has 0 heterocycles. The molecule has 0 saturated heterocycles. The smallest absolute Gasteiger partial charge is 0.243 e. The molecule has 1 unspecified atom stereocenters. The quantitative estimate of drug-likeness (QED) is 0.835. The Morgan fingerprint density at radius 1 is 1.26 bits per heavy atom. The SMILES string of the molecule is CCC(C)CN(CC)S(=O)(=O)c1ccccc1CN. The molecule has 2 N–H and O–H groups in total. The van der Waals surface area contributed by atoms with Crippen molar-refractivity contribution in [3.8, 4) is 0 Å². The van der Waals surface area contributed by atoms with Crippen LogP contribution in [0.25, 0.3) is 0 Å². The van der Waals surface area contributed by atoms with Crippen LogP contribution in [-0.2, 0) is 16.6 Å². The first-order valence-corrected chi connectivity index (χ1v) is 8.19. The third kappa shape index (κ3) is 3.78. The molecular formula is C14H24N2O2S. The summed E-state index contributed by atoms with van der Waals surface area (Å²) in [6, 6.07) is 6.95. The van der Waals surface area contributed by atoms with Gasteiger partial charge >= 0.3 is 0 Å². The molecule has 5 heteroatoms. The highest BCUT2D eigenvalue weighted by Crippen LogP contribution is 2.21. The molecule has 4 nitrogen and oxygen atoms in total. The fourth-order valence-electron chi connectivity index (χ4n) is 1.94. The normalized spacial score (nSPS) is 13.7. The van der Waals surface area contributed by atoms with Crippen molar-refractivity contribution >= 4 is 10.0 Å². The van der Waals surface area contributed by atoms with Gasteiger partial charge in [0.05, 0.1) is 4.90 Å². The Kier molecular flexibility index (Phi) is 5.97. The summed E-state index contributed by atoms with van der Waals surface area (Å²) >= 11 is 0. The minimum atomic E-state index is -3.45. The average Bonchev–Trinajstić information content (AvgIpc) is 2.43. The predicted octanol–water partition coefficient (Wildman–Crippen LogP) is 2.20. The monoisotopic (exact) mass is 284 g/mol. The maximum absolute atomic E-state index is 12.7. The molecule has 0 bridgehead atoms. The summed E-state index contributed by atoms with van der Waals surface area (Å²) in [4.78, 5) is 0.336. The van der Waals surface area contributed by atoms with E-state index in [4.69, 9.17) is 5.73 Å².